The van der Waals surface area contributed by atoms with Gasteiger partial charge in [0.25, 0.3) is 0 Å². The molecule has 104 valence electrons. The summed E-state index contributed by atoms with van der Waals surface area (Å²) in [5, 5.41) is 12.3. The van der Waals surface area contributed by atoms with Crippen LogP contribution in [-0.2, 0) is 0 Å². The van der Waals surface area contributed by atoms with E-state index in [1.807, 2.05) is 41.8 Å². The summed E-state index contributed by atoms with van der Waals surface area (Å²) in [6.45, 7) is 0. The van der Waals surface area contributed by atoms with E-state index in [-0.39, 0.29) is 5.75 Å². The average Bonchev–Trinajstić information content (AvgIpc) is 2.96. The van der Waals surface area contributed by atoms with E-state index < -0.39 is 0 Å². The van der Waals surface area contributed by atoms with E-state index in [1.165, 1.54) is 11.3 Å². The van der Waals surface area contributed by atoms with Crippen molar-refractivity contribution in [3.63, 3.8) is 0 Å². The van der Waals surface area contributed by atoms with Gasteiger partial charge in [0, 0.05) is 27.2 Å². The minimum Gasteiger partial charge on any atom is -0.507 e. The van der Waals surface area contributed by atoms with Crippen LogP contribution < -0.4 is 0 Å². The molecule has 0 atom stereocenters. The molecule has 3 rings (SSSR count). The molecule has 0 aliphatic heterocycles. The summed E-state index contributed by atoms with van der Waals surface area (Å²) in [6, 6.07) is 15.1. The van der Waals surface area contributed by atoms with E-state index in [2.05, 4.69) is 25.9 Å². The van der Waals surface area contributed by atoms with Crippen LogP contribution in [0, 0.1) is 0 Å². The smallest absolute Gasteiger partial charge is 0.209 e. The first-order valence-corrected chi connectivity index (χ1v) is 7.93. The fraction of sp³-hybridized carbons (Fsp3) is 0. The Morgan fingerprint density at radius 3 is 2.62 bits per heavy atom. The minimum atomic E-state index is 0.214. The van der Waals surface area contributed by atoms with Gasteiger partial charge in [0.2, 0.25) is 5.13 Å². The Labute approximate surface area is 134 Å². The Balaban J connectivity index is 1.82. The number of para-hydroxylation sites is 1. The molecular weight excluding hydrogens is 348 g/mol. The average molecular weight is 359 g/mol. The molecule has 3 aromatic rings. The molecule has 1 heterocycles. The van der Waals surface area contributed by atoms with Crippen LogP contribution in [0.5, 0.6) is 5.75 Å². The Kier molecular flexibility index (Phi) is 4.13. The number of halogens is 1. The van der Waals surface area contributed by atoms with Gasteiger partial charge in [0.1, 0.15) is 5.75 Å². The molecule has 1 N–H and O–H groups in total. The highest BCUT2D eigenvalue weighted by molar-refractivity contribution is 9.10. The fourth-order valence-electron chi connectivity index (χ4n) is 1.80. The number of hydrogen-bond acceptors (Lipinski definition) is 4. The third-order valence-electron chi connectivity index (χ3n) is 2.88. The first-order chi connectivity index (χ1) is 10.2. The molecule has 3 nitrogen and oxygen atoms in total. The fourth-order valence-corrected chi connectivity index (χ4v) is 2.73. The van der Waals surface area contributed by atoms with Crippen LogP contribution in [0.4, 0.5) is 5.13 Å². The molecule has 0 bridgehead atoms. The van der Waals surface area contributed by atoms with Crippen LogP contribution in [0.25, 0.3) is 11.3 Å². The van der Waals surface area contributed by atoms with E-state index in [0.717, 1.165) is 15.7 Å². The summed E-state index contributed by atoms with van der Waals surface area (Å²) >= 11 is 4.89. The highest BCUT2D eigenvalue weighted by Gasteiger charge is 2.03. The monoisotopic (exact) mass is 358 g/mol. The summed E-state index contributed by atoms with van der Waals surface area (Å²) in [4.78, 5) is 8.79. The standard InChI is InChI=1S/C16H11BrN2OS/c17-13-7-5-11(6-8-13)14-10-21-16(19-14)18-9-12-3-1-2-4-15(12)20/h1-10,20H. The van der Waals surface area contributed by atoms with Gasteiger partial charge in [-0.25, -0.2) is 9.98 Å². The molecule has 0 aliphatic carbocycles. The van der Waals surface area contributed by atoms with Crippen LogP contribution in [0.15, 0.2) is 63.4 Å². The molecule has 5 heteroatoms. The number of hydrogen-bond donors (Lipinski definition) is 1. The number of aromatic hydroxyl groups is 1. The molecule has 0 unspecified atom stereocenters. The molecule has 0 radical (unpaired) electrons. The molecule has 0 saturated heterocycles. The Morgan fingerprint density at radius 2 is 1.86 bits per heavy atom. The van der Waals surface area contributed by atoms with Gasteiger partial charge in [0.15, 0.2) is 0 Å². The van der Waals surface area contributed by atoms with Crippen molar-refractivity contribution in [3.8, 4) is 17.0 Å². The molecule has 2 aromatic carbocycles. The molecule has 1 aromatic heterocycles. The predicted molar refractivity (Wildman–Crippen MR) is 90.6 cm³/mol. The quantitative estimate of drug-likeness (QED) is 0.667. The van der Waals surface area contributed by atoms with Crippen molar-refractivity contribution < 1.29 is 5.11 Å². The zero-order valence-electron chi connectivity index (χ0n) is 10.9. The molecule has 21 heavy (non-hydrogen) atoms. The van der Waals surface area contributed by atoms with E-state index in [9.17, 15) is 5.11 Å². The third-order valence-corrected chi connectivity index (χ3v) is 4.16. The normalized spacial score (nSPS) is 11.1. The van der Waals surface area contributed by atoms with Gasteiger partial charge in [-0.3, -0.25) is 0 Å². The Morgan fingerprint density at radius 1 is 1.10 bits per heavy atom. The lowest BCUT2D eigenvalue weighted by Gasteiger charge is -1.96. The number of aromatic nitrogens is 1. The predicted octanol–water partition coefficient (Wildman–Crippen LogP) is 5.03. The van der Waals surface area contributed by atoms with Crippen molar-refractivity contribution in [3.05, 3.63) is 63.9 Å². The number of nitrogens with zero attached hydrogens (tertiary/aromatic N) is 2. The number of phenolic OH excluding ortho intramolecular Hbond substituents is 1. The van der Waals surface area contributed by atoms with Gasteiger partial charge in [-0.05, 0) is 24.3 Å². The third kappa shape index (κ3) is 3.37. The topological polar surface area (TPSA) is 45.5 Å². The van der Waals surface area contributed by atoms with Crippen LogP contribution >= 0.6 is 27.3 Å². The highest BCUT2D eigenvalue weighted by atomic mass is 79.9. The SMILES string of the molecule is Oc1ccccc1C=Nc1nc(-c2ccc(Br)cc2)cs1. The van der Waals surface area contributed by atoms with Crippen LogP contribution in [0.1, 0.15) is 5.56 Å². The molecule has 0 saturated carbocycles. The summed E-state index contributed by atoms with van der Waals surface area (Å²) in [5.74, 6) is 0.214. The zero-order chi connectivity index (χ0) is 14.7. The van der Waals surface area contributed by atoms with Gasteiger partial charge < -0.3 is 5.11 Å². The molecule has 0 amide bonds. The number of phenols is 1. The van der Waals surface area contributed by atoms with Gasteiger partial charge in [-0.2, -0.15) is 0 Å². The van der Waals surface area contributed by atoms with E-state index >= 15 is 0 Å². The first kappa shape index (κ1) is 14.0. The molecule has 0 aliphatic rings. The maximum atomic E-state index is 9.69. The van der Waals surface area contributed by atoms with Crippen LogP contribution in [0.2, 0.25) is 0 Å². The van der Waals surface area contributed by atoms with Gasteiger partial charge >= 0.3 is 0 Å². The second kappa shape index (κ2) is 6.20. The minimum absolute atomic E-state index is 0.214. The molecule has 0 fully saturated rings. The lowest BCUT2D eigenvalue weighted by molar-refractivity contribution is 0.474. The lowest BCUT2D eigenvalue weighted by Crippen LogP contribution is -1.80. The second-order valence-electron chi connectivity index (χ2n) is 4.34. The second-order valence-corrected chi connectivity index (χ2v) is 6.09. The van der Waals surface area contributed by atoms with Crippen molar-refractivity contribution in [1.82, 2.24) is 4.98 Å². The number of rotatable bonds is 3. The van der Waals surface area contributed by atoms with E-state index in [0.29, 0.717) is 10.7 Å². The van der Waals surface area contributed by atoms with Gasteiger partial charge in [-0.1, -0.05) is 40.2 Å². The van der Waals surface area contributed by atoms with Crippen molar-refractivity contribution in [1.29, 1.82) is 0 Å². The van der Waals surface area contributed by atoms with Crippen molar-refractivity contribution in [2.24, 2.45) is 4.99 Å². The Hall–Kier alpha value is -1.98. The van der Waals surface area contributed by atoms with Crippen molar-refractivity contribution in [2.45, 2.75) is 0 Å². The lowest BCUT2D eigenvalue weighted by atomic mass is 10.2. The summed E-state index contributed by atoms with van der Waals surface area (Å²) in [7, 11) is 0. The van der Waals surface area contributed by atoms with E-state index in [1.54, 1.807) is 18.3 Å². The van der Waals surface area contributed by atoms with Gasteiger partial charge in [-0.15, -0.1) is 11.3 Å². The molecular formula is C16H11BrN2OS. The number of benzene rings is 2. The highest BCUT2D eigenvalue weighted by Crippen LogP contribution is 2.27. The van der Waals surface area contributed by atoms with Gasteiger partial charge in [0.05, 0.1) is 5.69 Å². The largest absolute Gasteiger partial charge is 0.507 e. The maximum absolute atomic E-state index is 9.69. The van der Waals surface area contributed by atoms with Crippen LogP contribution in [-0.4, -0.2) is 16.3 Å². The zero-order valence-corrected chi connectivity index (χ0v) is 13.3. The van der Waals surface area contributed by atoms with Crippen molar-refractivity contribution in [2.75, 3.05) is 0 Å². The number of thiazole rings is 1. The summed E-state index contributed by atoms with van der Waals surface area (Å²) < 4.78 is 1.04. The summed E-state index contributed by atoms with van der Waals surface area (Å²) in [5.41, 5.74) is 2.63. The van der Waals surface area contributed by atoms with Crippen molar-refractivity contribution >= 4 is 38.6 Å². The van der Waals surface area contributed by atoms with E-state index in [4.69, 9.17) is 0 Å². The first-order valence-electron chi connectivity index (χ1n) is 6.26. The number of aliphatic imine (C=N–C) groups is 1. The molecule has 0 spiro atoms. The summed E-state index contributed by atoms with van der Waals surface area (Å²) in [6.07, 6.45) is 1.62. The Bertz CT molecular complexity index is 781. The maximum Gasteiger partial charge on any atom is 0.209 e. The van der Waals surface area contributed by atoms with Crippen LogP contribution in [0.3, 0.4) is 0 Å².